The summed E-state index contributed by atoms with van der Waals surface area (Å²) in [7, 11) is 0. The van der Waals surface area contributed by atoms with Crippen LogP contribution in [0.2, 0.25) is 0 Å². The van der Waals surface area contributed by atoms with Crippen molar-refractivity contribution in [1.29, 1.82) is 5.41 Å². The van der Waals surface area contributed by atoms with Crippen molar-refractivity contribution < 1.29 is 0 Å². The van der Waals surface area contributed by atoms with Crippen molar-refractivity contribution in [3.05, 3.63) is 35.2 Å². The number of H-pyrrole nitrogens is 1. The summed E-state index contributed by atoms with van der Waals surface area (Å²) in [5.74, 6) is 0.622. The average Bonchev–Trinajstić information content (AvgIpc) is 2.60. The van der Waals surface area contributed by atoms with E-state index < -0.39 is 0 Å². The standard InChI is InChI=1S/C13H16N4/c1-7-4-11-12(5-8(7)2)17-13(16-11)10(15)6-9(3)14/h4-6,14H,15H2,1-3H3,(H,16,17)/b10-6-,14-9?. The summed E-state index contributed by atoms with van der Waals surface area (Å²) in [6.07, 6.45) is 1.59. The highest BCUT2D eigenvalue weighted by Gasteiger charge is 2.06. The van der Waals surface area contributed by atoms with E-state index in [1.807, 2.05) is 6.07 Å². The zero-order valence-electron chi connectivity index (χ0n) is 10.3. The molecule has 0 fully saturated rings. The number of nitrogens with zero attached hydrogens (tertiary/aromatic N) is 1. The van der Waals surface area contributed by atoms with Gasteiger partial charge in [-0.2, -0.15) is 0 Å². The first kappa shape index (κ1) is 11.4. The van der Waals surface area contributed by atoms with Crippen LogP contribution in [0.5, 0.6) is 0 Å². The lowest BCUT2D eigenvalue weighted by atomic mass is 10.1. The Morgan fingerprint density at radius 1 is 1.35 bits per heavy atom. The zero-order valence-corrected chi connectivity index (χ0v) is 10.3. The van der Waals surface area contributed by atoms with Crippen molar-refractivity contribution in [3.63, 3.8) is 0 Å². The highest BCUT2D eigenvalue weighted by atomic mass is 14.9. The molecule has 0 aliphatic carbocycles. The Labute approximate surface area is 100 Å². The van der Waals surface area contributed by atoms with Crippen LogP contribution in [0.1, 0.15) is 23.9 Å². The van der Waals surface area contributed by atoms with Gasteiger partial charge in [-0.25, -0.2) is 4.98 Å². The number of imidazole rings is 1. The fraction of sp³-hybridized carbons (Fsp3) is 0.231. The number of aromatic nitrogens is 2. The molecule has 4 nitrogen and oxygen atoms in total. The maximum Gasteiger partial charge on any atom is 0.154 e. The van der Waals surface area contributed by atoms with Gasteiger partial charge in [-0.05, 0) is 50.1 Å². The topological polar surface area (TPSA) is 78.6 Å². The van der Waals surface area contributed by atoms with Crippen molar-refractivity contribution in [2.45, 2.75) is 20.8 Å². The molecule has 0 saturated carbocycles. The fourth-order valence-electron chi connectivity index (χ4n) is 1.71. The fourth-order valence-corrected chi connectivity index (χ4v) is 1.71. The molecule has 0 unspecified atom stereocenters. The molecule has 0 aliphatic heterocycles. The molecule has 0 amide bonds. The lowest BCUT2D eigenvalue weighted by Crippen LogP contribution is -2.00. The third-order valence-corrected chi connectivity index (χ3v) is 2.74. The number of nitrogens with one attached hydrogen (secondary N) is 2. The number of aromatic amines is 1. The number of fused-ring (bicyclic) bond motifs is 1. The van der Waals surface area contributed by atoms with E-state index in [1.54, 1.807) is 13.0 Å². The predicted octanol–water partition coefficient (Wildman–Crippen LogP) is 2.52. The van der Waals surface area contributed by atoms with Gasteiger partial charge in [0.05, 0.1) is 16.7 Å². The average molecular weight is 228 g/mol. The second-order valence-electron chi connectivity index (χ2n) is 4.32. The van der Waals surface area contributed by atoms with Crippen LogP contribution in [-0.4, -0.2) is 15.7 Å². The van der Waals surface area contributed by atoms with Gasteiger partial charge in [0.2, 0.25) is 0 Å². The molecule has 1 heterocycles. The van der Waals surface area contributed by atoms with Crippen molar-refractivity contribution in [2.24, 2.45) is 5.73 Å². The van der Waals surface area contributed by atoms with Crippen LogP contribution in [0, 0.1) is 19.3 Å². The number of aryl methyl sites for hydroxylation is 2. The monoisotopic (exact) mass is 228 g/mol. The minimum atomic E-state index is 0.412. The van der Waals surface area contributed by atoms with E-state index in [0.29, 0.717) is 17.2 Å². The van der Waals surface area contributed by atoms with E-state index in [2.05, 4.69) is 29.9 Å². The molecule has 0 bridgehead atoms. The number of nitrogens with two attached hydrogens (primary N) is 1. The van der Waals surface area contributed by atoms with Crippen molar-refractivity contribution >= 4 is 22.4 Å². The molecule has 1 aromatic heterocycles. The number of hydrogen-bond donors (Lipinski definition) is 3. The number of benzene rings is 1. The van der Waals surface area contributed by atoms with Crippen molar-refractivity contribution in [2.75, 3.05) is 0 Å². The second kappa shape index (κ2) is 4.05. The van der Waals surface area contributed by atoms with Crippen molar-refractivity contribution in [3.8, 4) is 0 Å². The smallest absolute Gasteiger partial charge is 0.154 e. The van der Waals surface area contributed by atoms with Crippen molar-refractivity contribution in [1.82, 2.24) is 9.97 Å². The number of rotatable bonds is 2. The van der Waals surface area contributed by atoms with Crippen LogP contribution in [0.4, 0.5) is 0 Å². The van der Waals surface area contributed by atoms with E-state index in [0.717, 1.165) is 11.0 Å². The molecule has 1 aromatic carbocycles. The van der Waals surface area contributed by atoms with Gasteiger partial charge in [-0.15, -0.1) is 0 Å². The van der Waals surface area contributed by atoms with Gasteiger partial charge in [0.15, 0.2) is 5.82 Å². The minimum absolute atomic E-state index is 0.412. The van der Waals surface area contributed by atoms with Gasteiger partial charge in [0.25, 0.3) is 0 Å². The second-order valence-corrected chi connectivity index (χ2v) is 4.32. The molecule has 2 aromatic rings. The van der Waals surface area contributed by atoms with Gasteiger partial charge in [-0.1, -0.05) is 0 Å². The molecule has 2 rings (SSSR count). The SMILES string of the molecule is CC(=N)/C=C(\N)c1nc2cc(C)c(C)cc2[nH]1. The molecule has 0 aliphatic rings. The third kappa shape index (κ3) is 2.20. The lowest BCUT2D eigenvalue weighted by Gasteiger charge is -1.97. The Hall–Kier alpha value is -2.10. The number of allylic oxidation sites excluding steroid dienone is 1. The Kier molecular flexibility index (Phi) is 2.71. The van der Waals surface area contributed by atoms with E-state index in [1.165, 1.54) is 11.1 Å². The van der Waals surface area contributed by atoms with Gasteiger partial charge in [-0.3, -0.25) is 0 Å². The van der Waals surface area contributed by atoms with Crippen LogP contribution in [-0.2, 0) is 0 Å². The van der Waals surface area contributed by atoms with Crippen LogP contribution < -0.4 is 5.73 Å². The predicted molar refractivity (Wildman–Crippen MR) is 71.1 cm³/mol. The summed E-state index contributed by atoms with van der Waals surface area (Å²) in [6.45, 7) is 5.81. The molecule has 0 atom stereocenters. The lowest BCUT2D eigenvalue weighted by molar-refractivity contribution is 1.24. The van der Waals surface area contributed by atoms with Crippen LogP contribution in [0.25, 0.3) is 16.7 Å². The molecule has 0 saturated heterocycles. The largest absolute Gasteiger partial charge is 0.396 e. The van der Waals surface area contributed by atoms with Gasteiger partial charge in [0.1, 0.15) is 0 Å². The zero-order chi connectivity index (χ0) is 12.6. The highest BCUT2D eigenvalue weighted by Crippen LogP contribution is 2.18. The van der Waals surface area contributed by atoms with Crippen LogP contribution in [0.3, 0.4) is 0 Å². The quantitative estimate of drug-likeness (QED) is 0.690. The summed E-state index contributed by atoms with van der Waals surface area (Å²) in [5.41, 5.74) is 11.1. The Bertz CT molecular complexity index is 581. The summed E-state index contributed by atoms with van der Waals surface area (Å²) in [4.78, 5) is 7.59. The molecule has 88 valence electrons. The molecular weight excluding hydrogens is 212 g/mol. The highest BCUT2D eigenvalue weighted by molar-refractivity contribution is 5.96. The summed E-state index contributed by atoms with van der Waals surface area (Å²) >= 11 is 0. The first-order chi connectivity index (χ1) is 7.97. The Morgan fingerprint density at radius 3 is 2.65 bits per heavy atom. The molecule has 0 radical (unpaired) electrons. The molecule has 0 spiro atoms. The normalized spacial score (nSPS) is 12.1. The van der Waals surface area contributed by atoms with Gasteiger partial charge >= 0.3 is 0 Å². The Balaban J connectivity index is 2.55. The maximum absolute atomic E-state index is 7.38. The van der Waals surface area contributed by atoms with Crippen LogP contribution in [0.15, 0.2) is 18.2 Å². The van der Waals surface area contributed by atoms with E-state index in [4.69, 9.17) is 11.1 Å². The number of hydrogen-bond acceptors (Lipinski definition) is 3. The van der Waals surface area contributed by atoms with E-state index in [-0.39, 0.29) is 0 Å². The first-order valence-corrected chi connectivity index (χ1v) is 5.47. The minimum Gasteiger partial charge on any atom is -0.396 e. The first-order valence-electron chi connectivity index (χ1n) is 5.47. The van der Waals surface area contributed by atoms with Crippen LogP contribution >= 0.6 is 0 Å². The maximum atomic E-state index is 7.38. The molecule has 4 heteroatoms. The van der Waals surface area contributed by atoms with E-state index in [9.17, 15) is 0 Å². The van der Waals surface area contributed by atoms with Gasteiger partial charge in [0, 0.05) is 5.71 Å². The summed E-state index contributed by atoms with van der Waals surface area (Å²) in [6, 6.07) is 4.10. The van der Waals surface area contributed by atoms with E-state index >= 15 is 0 Å². The molecule has 4 N–H and O–H groups in total. The summed E-state index contributed by atoms with van der Waals surface area (Å²) < 4.78 is 0. The Morgan fingerprint density at radius 2 is 2.00 bits per heavy atom. The third-order valence-electron chi connectivity index (χ3n) is 2.74. The molecular formula is C13H16N4. The summed E-state index contributed by atoms with van der Waals surface area (Å²) in [5, 5.41) is 7.38. The van der Waals surface area contributed by atoms with Gasteiger partial charge < -0.3 is 16.1 Å². The molecule has 17 heavy (non-hydrogen) atoms.